The molecule has 59 heavy (non-hydrogen) atoms. The number of hydrogen-bond donors (Lipinski definition) is 1. The van der Waals surface area contributed by atoms with E-state index in [1.165, 1.54) is 20.7 Å². The Morgan fingerprint density at radius 2 is 1.22 bits per heavy atom. The van der Waals surface area contributed by atoms with Crippen LogP contribution in [0.3, 0.4) is 0 Å². The van der Waals surface area contributed by atoms with Gasteiger partial charge in [0.05, 0.1) is 30.5 Å². The van der Waals surface area contributed by atoms with E-state index in [-0.39, 0.29) is 28.4 Å². The summed E-state index contributed by atoms with van der Waals surface area (Å²) in [7, 11) is -5.97. The van der Waals surface area contributed by atoms with Crippen molar-refractivity contribution in [2.75, 3.05) is 0 Å². The van der Waals surface area contributed by atoms with Gasteiger partial charge < -0.3 is 18.7 Å². The van der Waals surface area contributed by atoms with E-state index < -0.39 is 28.8 Å². The van der Waals surface area contributed by atoms with Gasteiger partial charge in [-0.25, -0.2) is 0 Å². The van der Waals surface area contributed by atoms with Crippen LogP contribution in [-0.2, 0) is 13.6 Å². The first-order valence-corrected chi connectivity index (χ1v) is 25.8. The summed E-state index contributed by atoms with van der Waals surface area (Å²) in [5.41, 5.74) is 0. The highest BCUT2D eigenvalue weighted by molar-refractivity contribution is 7.00. The second-order valence-corrected chi connectivity index (χ2v) is 26.7. The molecule has 0 saturated carbocycles. The van der Waals surface area contributed by atoms with Gasteiger partial charge in [0.15, 0.2) is 0 Å². The van der Waals surface area contributed by atoms with Crippen LogP contribution in [0.2, 0.25) is 10.1 Å². The fourth-order valence-electron chi connectivity index (χ4n) is 8.93. The van der Waals surface area contributed by atoms with Gasteiger partial charge in [-0.05, 0) is 56.5 Å². The number of ether oxygens (including phenoxy) is 1. The first-order chi connectivity index (χ1) is 28.4. The van der Waals surface area contributed by atoms with Gasteiger partial charge in [-0.3, -0.25) is 0 Å². The van der Waals surface area contributed by atoms with Crippen LogP contribution >= 0.6 is 0 Å². The lowest BCUT2D eigenvalue weighted by Crippen LogP contribution is -2.68. The zero-order valence-electron chi connectivity index (χ0n) is 36.7. The maximum atomic E-state index is 11.2. The zero-order valence-corrected chi connectivity index (χ0v) is 38.7. The molecule has 0 aromatic heterocycles. The van der Waals surface area contributed by atoms with Gasteiger partial charge in [0, 0.05) is 12.8 Å². The number of rotatable bonds is 20. The molecule has 0 bridgehead atoms. The Bertz CT molecular complexity index is 1840. The number of unbranched alkanes of at least 4 members (excludes halogenated alkanes) is 4. The highest BCUT2D eigenvalue weighted by atomic mass is 28.4. The molecule has 1 saturated heterocycles. The van der Waals surface area contributed by atoms with Crippen molar-refractivity contribution in [1.82, 2.24) is 0 Å². The maximum absolute atomic E-state index is 11.2. The molecular weight excluding hydrogens is 759 g/mol. The normalized spacial score (nSPS) is 18.9. The third-order valence-corrected chi connectivity index (χ3v) is 22.0. The summed E-state index contributed by atoms with van der Waals surface area (Å²) in [5.74, 6) is 0. The topological polar surface area (TPSA) is 71.7 Å². The van der Waals surface area contributed by atoms with Crippen molar-refractivity contribution in [2.45, 2.75) is 147 Å². The van der Waals surface area contributed by atoms with Crippen LogP contribution in [0.4, 0.5) is 0 Å². The van der Waals surface area contributed by atoms with Gasteiger partial charge >= 0.3 is 0 Å². The van der Waals surface area contributed by atoms with E-state index in [1.807, 2.05) is 6.08 Å². The molecule has 5 atom stereocenters. The maximum Gasteiger partial charge on any atom is 0.261 e. The fourth-order valence-corrected chi connectivity index (χ4v) is 18.3. The van der Waals surface area contributed by atoms with Gasteiger partial charge in [-0.15, -0.1) is 0 Å². The standard InChI is InChI=1S/C52H69NO4Si2/c1-8-9-17-28-42(54)38-39-47-50(57-59(52(5,6)7,45-33-22-15-23-34-45)46-35-24-16-25-36-46)41-49(55-47)48(37-26-11-10-12-27-40-53)56-58(51(2,3)4,43-29-18-13-19-30-43)44-31-20-14-21-32-44/h11,13-16,18-26,29-36,38-39,42,47-50,54H,8-10,12,17,27-28,37,41H2,1-7H3/b26-11-,39-38+/t42-,47-,48+,49-,50-/m0/s1. The van der Waals surface area contributed by atoms with Gasteiger partial charge in [-0.1, -0.05) is 213 Å². The van der Waals surface area contributed by atoms with Crippen LogP contribution in [0.15, 0.2) is 146 Å². The van der Waals surface area contributed by atoms with Gasteiger partial charge in [-0.2, -0.15) is 5.26 Å². The SMILES string of the molecule is CCCCC[C@H](O)/C=C/[C@@H]1O[C@H]([C@@H](C/C=C\CCCC#N)O[Si](c2ccccc2)(c2ccccc2)C(C)(C)C)C[C@@H]1O[Si](c1ccccc1)(c1ccccc1)C(C)(C)C. The zero-order chi connectivity index (χ0) is 42.4. The van der Waals surface area contributed by atoms with Crippen molar-refractivity contribution in [3.8, 4) is 6.07 Å². The number of nitrogens with zero attached hydrogens (tertiary/aromatic N) is 1. The third kappa shape index (κ3) is 11.3. The highest BCUT2D eigenvalue weighted by Gasteiger charge is 2.56. The Morgan fingerprint density at radius 1 is 0.729 bits per heavy atom. The highest BCUT2D eigenvalue weighted by Crippen LogP contribution is 2.43. The average molecular weight is 828 g/mol. The summed E-state index contributed by atoms with van der Waals surface area (Å²) in [5, 5.41) is 24.8. The summed E-state index contributed by atoms with van der Waals surface area (Å²) >= 11 is 0. The Hall–Kier alpha value is -3.88. The summed E-state index contributed by atoms with van der Waals surface area (Å²) in [6.45, 7) is 16.1. The lowest BCUT2D eigenvalue weighted by atomic mass is 10.0. The van der Waals surface area contributed by atoms with Crippen LogP contribution in [0.5, 0.6) is 0 Å². The molecule has 0 spiro atoms. The second-order valence-electron chi connectivity index (χ2n) is 18.2. The Morgan fingerprint density at radius 3 is 1.68 bits per heavy atom. The molecule has 0 unspecified atom stereocenters. The number of nitriles is 1. The molecule has 5 nitrogen and oxygen atoms in total. The number of hydrogen-bond acceptors (Lipinski definition) is 5. The van der Waals surface area contributed by atoms with Gasteiger partial charge in [0.2, 0.25) is 0 Å². The van der Waals surface area contributed by atoms with Crippen LogP contribution in [-0.4, -0.2) is 52.3 Å². The predicted molar refractivity (Wildman–Crippen MR) is 251 cm³/mol. The summed E-state index contributed by atoms with van der Waals surface area (Å²) in [6, 6.07) is 45.6. The molecule has 1 heterocycles. The molecule has 7 heteroatoms. The minimum Gasteiger partial charge on any atom is -0.402 e. The quantitative estimate of drug-likeness (QED) is 0.0546. The van der Waals surface area contributed by atoms with Crippen molar-refractivity contribution in [3.63, 3.8) is 0 Å². The number of aliphatic hydroxyl groups excluding tert-OH is 1. The molecule has 4 aromatic rings. The van der Waals surface area contributed by atoms with Crippen molar-refractivity contribution >= 4 is 37.4 Å². The minimum atomic E-state index is -2.99. The van der Waals surface area contributed by atoms with Crippen LogP contribution in [0.25, 0.3) is 0 Å². The molecule has 0 amide bonds. The average Bonchev–Trinajstić information content (AvgIpc) is 3.64. The summed E-state index contributed by atoms with van der Waals surface area (Å²) in [4.78, 5) is 0. The Labute approximate surface area is 358 Å². The van der Waals surface area contributed by atoms with Crippen LogP contribution < -0.4 is 20.7 Å². The molecule has 4 aromatic carbocycles. The molecule has 1 aliphatic rings. The van der Waals surface area contributed by atoms with Gasteiger partial charge in [0.1, 0.15) is 6.10 Å². The molecule has 314 valence electrons. The van der Waals surface area contributed by atoms with Crippen LogP contribution in [0, 0.1) is 11.3 Å². The van der Waals surface area contributed by atoms with E-state index in [9.17, 15) is 10.4 Å². The molecule has 1 N–H and O–H groups in total. The van der Waals surface area contributed by atoms with E-state index in [0.29, 0.717) is 19.3 Å². The van der Waals surface area contributed by atoms with Crippen molar-refractivity contribution in [2.24, 2.45) is 0 Å². The molecule has 0 aliphatic carbocycles. The molecular formula is C52H69NO4Si2. The third-order valence-electron chi connectivity index (χ3n) is 11.9. The monoisotopic (exact) mass is 827 g/mol. The molecule has 5 rings (SSSR count). The number of aliphatic hydroxyl groups is 1. The predicted octanol–water partition coefficient (Wildman–Crippen LogP) is 10.2. The van der Waals surface area contributed by atoms with Crippen molar-refractivity contribution < 1.29 is 18.7 Å². The van der Waals surface area contributed by atoms with Crippen LogP contribution in [0.1, 0.15) is 106 Å². The Kier molecular flexibility index (Phi) is 16.9. The van der Waals surface area contributed by atoms with E-state index in [1.54, 1.807) is 0 Å². The largest absolute Gasteiger partial charge is 0.402 e. The number of benzene rings is 4. The van der Waals surface area contributed by atoms with E-state index in [2.05, 4.69) is 194 Å². The molecule has 1 fully saturated rings. The van der Waals surface area contributed by atoms with E-state index in [0.717, 1.165) is 38.5 Å². The fraction of sp³-hybridized carbons (Fsp3) is 0.442. The van der Waals surface area contributed by atoms with E-state index in [4.69, 9.17) is 13.6 Å². The molecule has 0 radical (unpaired) electrons. The second kappa shape index (κ2) is 21.6. The Balaban J connectivity index is 1.64. The lowest BCUT2D eigenvalue weighted by molar-refractivity contribution is -0.0182. The van der Waals surface area contributed by atoms with Gasteiger partial charge in [0.25, 0.3) is 16.6 Å². The first kappa shape index (κ1) is 46.2. The minimum absolute atomic E-state index is 0.224. The summed E-state index contributed by atoms with van der Waals surface area (Å²) in [6.07, 6.45) is 14.0. The number of allylic oxidation sites excluding steroid dienone is 1. The summed E-state index contributed by atoms with van der Waals surface area (Å²) < 4.78 is 23.1. The van der Waals surface area contributed by atoms with E-state index >= 15 is 0 Å². The molecule has 1 aliphatic heterocycles. The lowest BCUT2D eigenvalue weighted by Gasteiger charge is -2.46. The van der Waals surface area contributed by atoms with Crippen molar-refractivity contribution in [3.05, 3.63) is 146 Å². The smallest absolute Gasteiger partial charge is 0.261 e. The van der Waals surface area contributed by atoms with Crippen molar-refractivity contribution in [1.29, 1.82) is 5.26 Å². The first-order valence-electron chi connectivity index (χ1n) is 22.0.